The zero-order valence-electron chi connectivity index (χ0n) is 10.4. The Balaban J connectivity index is 2.23. The second kappa shape index (κ2) is 5.97. The van der Waals surface area contributed by atoms with Crippen LogP contribution in [-0.4, -0.2) is 5.91 Å². The molecule has 98 valence electrons. The Morgan fingerprint density at radius 1 is 1.26 bits per heavy atom. The molecule has 0 saturated carbocycles. The van der Waals surface area contributed by atoms with Crippen LogP contribution in [0.5, 0.6) is 0 Å². The highest BCUT2D eigenvalue weighted by molar-refractivity contribution is 9.08. The molecule has 0 atom stereocenters. The standard InChI is InChI=1S/C15H13BrFNO/c1-10-8-11(6-7-13(10)17)15(19)18-14-5-3-2-4-12(14)9-16/h2-8H,9H2,1H3,(H,18,19). The number of anilines is 1. The van der Waals surface area contributed by atoms with Gasteiger partial charge >= 0.3 is 0 Å². The predicted molar refractivity (Wildman–Crippen MR) is 78.2 cm³/mol. The normalized spacial score (nSPS) is 10.3. The number of alkyl halides is 1. The van der Waals surface area contributed by atoms with E-state index in [1.54, 1.807) is 13.0 Å². The number of halogens is 2. The van der Waals surface area contributed by atoms with Crippen molar-refractivity contribution >= 4 is 27.5 Å². The number of amides is 1. The summed E-state index contributed by atoms with van der Waals surface area (Å²) in [6.45, 7) is 1.64. The van der Waals surface area contributed by atoms with Crippen LogP contribution in [0.15, 0.2) is 42.5 Å². The van der Waals surface area contributed by atoms with E-state index in [2.05, 4.69) is 21.2 Å². The van der Waals surface area contributed by atoms with Gasteiger partial charge in [0.15, 0.2) is 0 Å². The van der Waals surface area contributed by atoms with Crippen LogP contribution in [0.4, 0.5) is 10.1 Å². The Hall–Kier alpha value is -1.68. The fraction of sp³-hybridized carbons (Fsp3) is 0.133. The van der Waals surface area contributed by atoms with E-state index in [1.807, 2.05) is 24.3 Å². The number of carbonyl (C=O) groups is 1. The van der Waals surface area contributed by atoms with Crippen molar-refractivity contribution < 1.29 is 9.18 Å². The van der Waals surface area contributed by atoms with Crippen molar-refractivity contribution in [1.29, 1.82) is 0 Å². The molecule has 0 saturated heterocycles. The number of para-hydroxylation sites is 1. The lowest BCUT2D eigenvalue weighted by molar-refractivity contribution is 0.102. The van der Waals surface area contributed by atoms with Gasteiger partial charge < -0.3 is 5.32 Å². The van der Waals surface area contributed by atoms with Crippen LogP contribution in [0.25, 0.3) is 0 Å². The highest BCUT2D eigenvalue weighted by atomic mass is 79.9. The number of hydrogen-bond acceptors (Lipinski definition) is 1. The average molecular weight is 322 g/mol. The van der Waals surface area contributed by atoms with Crippen LogP contribution in [0.3, 0.4) is 0 Å². The number of aryl methyl sites for hydroxylation is 1. The first-order valence-corrected chi connectivity index (χ1v) is 6.95. The number of rotatable bonds is 3. The van der Waals surface area contributed by atoms with Crippen molar-refractivity contribution in [1.82, 2.24) is 0 Å². The summed E-state index contributed by atoms with van der Waals surface area (Å²) >= 11 is 3.37. The van der Waals surface area contributed by atoms with Crippen molar-refractivity contribution in [2.75, 3.05) is 5.32 Å². The molecule has 1 amide bonds. The van der Waals surface area contributed by atoms with E-state index >= 15 is 0 Å². The maximum absolute atomic E-state index is 13.2. The van der Waals surface area contributed by atoms with Gasteiger partial charge in [0, 0.05) is 16.6 Å². The summed E-state index contributed by atoms with van der Waals surface area (Å²) in [6, 6.07) is 11.9. The first kappa shape index (κ1) is 13.7. The van der Waals surface area contributed by atoms with E-state index in [4.69, 9.17) is 0 Å². The van der Waals surface area contributed by atoms with Gasteiger partial charge in [0.1, 0.15) is 5.82 Å². The molecule has 2 aromatic carbocycles. The average Bonchev–Trinajstić information content (AvgIpc) is 2.42. The molecule has 0 radical (unpaired) electrons. The summed E-state index contributed by atoms with van der Waals surface area (Å²) in [7, 11) is 0. The fourth-order valence-electron chi connectivity index (χ4n) is 1.74. The van der Waals surface area contributed by atoms with Gasteiger partial charge in [0.05, 0.1) is 0 Å². The molecule has 0 unspecified atom stereocenters. The minimum Gasteiger partial charge on any atom is -0.322 e. The Labute approximate surface area is 119 Å². The third kappa shape index (κ3) is 3.20. The van der Waals surface area contributed by atoms with Crippen LogP contribution in [0.2, 0.25) is 0 Å². The molecule has 0 aromatic heterocycles. The molecule has 0 spiro atoms. The van der Waals surface area contributed by atoms with Crippen LogP contribution in [-0.2, 0) is 5.33 Å². The molecular formula is C15H13BrFNO. The lowest BCUT2D eigenvalue weighted by Crippen LogP contribution is -2.13. The molecule has 2 aromatic rings. The predicted octanol–water partition coefficient (Wildman–Crippen LogP) is 4.28. The van der Waals surface area contributed by atoms with Crippen LogP contribution in [0, 0.1) is 12.7 Å². The number of benzene rings is 2. The topological polar surface area (TPSA) is 29.1 Å². The number of hydrogen-bond donors (Lipinski definition) is 1. The molecule has 0 bridgehead atoms. The molecule has 19 heavy (non-hydrogen) atoms. The van der Waals surface area contributed by atoms with Crippen molar-refractivity contribution in [2.24, 2.45) is 0 Å². The van der Waals surface area contributed by atoms with Crippen LogP contribution < -0.4 is 5.32 Å². The largest absolute Gasteiger partial charge is 0.322 e. The summed E-state index contributed by atoms with van der Waals surface area (Å²) in [5.41, 5.74) is 2.66. The SMILES string of the molecule is Cc1cc(C(=O)Nc2ccccc2CBr)ccc1F. The molecule has 0 aliphatic heterocycles. The van der Waals surface area contributed by atoms with E-state index in [1.165, 1.54) is 12.1 Å². The van der Waals surface area contributed by atoms with E-state index in [9.17, 15) is 9.18 Å². The summed E-state index contributed by atoms with van der Waals surface area (Å²) < 4.78 is 13.2. The first-order valence-electron chi connectivity index (χ1n) is 5.83. The Morgan fingerprint density at radius 2 is 2.00 bits per heavy atom. The van der Waals surface area contributed by atoms with E-state index in [0.29, 0.717) is 16.5 Å². The number of carbonyl (C=O) groups excluding carboxylic acids is 1. The van der Waals surface area contributed by atoms with Gasteiger partial charge in [-0.2, -0.15) is 0 Å². The van der Waals surface area contributed by atoms with E-state index in [0.717, 1.165) is 11.3 Å². The van der Waals surface area contributed by atoms with E-state index < -0.39 is 0 Å². The lowest BCUT2D eigenvalue weighted by atomic mass is 10.1. The molecule has 4 heteroatoms. The fourth-order valence-corrected chi connectivity index (χ4v) is 2.23. The molecular weight excluding hydrogens is 309 g/mol. The van der Waals surface area contributed by atoms with Crippen LogP contribution in [0.1, 0.15) is 21.5 Å². The molecule has 0 heterocycles. The maximum Gasteiger partial charge on any atom is 0.255 e. The van der Waals surface area contributed by atoms with Gasteiger partial charge in [-0.1, -0.05) is 34.1 Å². The van der Waals surface area contributed by atoms with Gasteiger partial charge in [-0.25, -0.2) is 4.39 Å². The quantitative estimate of drug-likeness (QED) is 0.840. The van der Waals surface area contributed by atoms with Gasteiger partial charge in [0.2, 0.25) is 0 Å². The summed E-state index contributed by atoms with van der Waals surface area (Å²) in [4.78, 5) is 12.1. The second-order valence-corrected chi connectivity index (χ2v) is 4.77. The first-order chi connectivity index (χ1) is 9.11. The zero-order valence-corrected chi connectivity index (χ0v) is 12.0. The third-order valence-electron chi connectivity index (χ3n) is 2.83. The minimum atomic E-state index is -0.308. The van der Waals surface area contributed by atoms with Crippen molar-refractivity contribution in [3.8, 4) is 0 Å². The molecule has 2 nitrogen and oxygen atoms in total. The Morgan fingerprint density at radius 3 is 2.68 bits per heavy atom. The third-order valence-corrected chi connectivity index (χ3v) is 3.43. The molecule has 1 N–H and O–H groups in total. The highest BCUT2D eigenvalue weighted by Gasteiger charge is 2.09. The van der Waals surface area contributed by atoms with Crippen molar-refractivity contribution in [3.63, 3.8) is 0 Å². The number of nitrogens with one attached hydrogen (secondary N) is 1. The van der Waals surface area contributed by atoms with Gasteiger partial charge in [-0.05, 0) is 42.3 Å². The maximum atomic E-state index is 13.2. The molecule has 0 fully saturated rings. The van der Waals surface area contributed by atoms with Gasteiger partial charge in [-0.15, -0.1) is 0 Å². The second-order valence-electron chi connectivity index (χ2n) is 4.21. The highest BCUT2D eigenvalue weighted by Crippen LogP contribution is 2.19. The minimum absolute atomic E-state index is 0.239. The lowest BCUT2D eigenvalue weighted by Gasteiger charge is -2.09. The van der Waals surface area contributed by atoms with Crippen molar-refractivity contribution in [2.45, 2.75) is 12.3 Å². The molecule has 2 rings (SSSR count). The van der Waals surface area contributed by atoms with Gasteiger partial charge in [0.25, 0.3) is 5.91 Å². The molecule has 0 aliphatic carbocycles. The summed E-state index contributed by atoms with van der Waals surface area (Å²) in [5.74, 6) is -0.547. The van der Waals surface area contributed by atoms with Crippen molar-refractivity contribution in [3.05, 3.63) is 65.0 Å². The van der Waals surface area contributed by atoms with Crippen LogP contribution >= 0.6 is 15.9 Å². The van der Waals surface area contributed by atoms with E-state index in [-0.39, 0.29) is 11.7 Å². The molecule has 0 aliphatic rings. The monoisotopic (exact) mass is 321 g/mol. The van der Waals surface area contributed by atoms with Gasteiger partial charge in [-0.3, -0.25) is 4.79 Å². The Bertz CT molecular complexity index is 613. The Kier molecular flexibility index (Phi) is 4.32. The summed E-state index contributed by atoms with van der Waals surface area (Å²) in [5, 5.41) is 3.49. The smallest absolute Gasteiger partial charge is 0.255 e. The summed E-state index contributed by atoms with van der Waals surface area (Å²) in [6.07, 6.45) is 0. The zero-order chi connectivity index (χ0) is 13.8.